The van der Waals surface area contributed by atoms with Crippen LogP contribution in [0.1, 0.15) is 23.7 Å². The molecular formula is C14H18N2O4S. The minimum absolute atomic E-state index is 0.240. The summed E-state index contributed by atoms with van der Waals surface area (Å²) >= 11 is 1.52. The lowest BCUT2D eigenvalue weighted by Crippen LogP contribution is -2.41. The zero-order valence-electron chi connectivity index (χ0n) is 11.9. The topological polar surface area (TPSA) is 95.5 Å². The number of carbonyl (C=O) groups excluding carboxylic acids is 2. The van der Waals surface area contributed by atoms with Gasteiger partial charge in [-0.25, -0.2) is 4.79 Å². The Morgan fingerprint density at radius 3 is 2.62 bits per heavy atom. The summed E-state index contributed by atoms with van der Waals surface area (Å²) in [4.78, 5) is 34.2. The Labute approximate surface area is 127 Å². The Morgan fingerprint density at radius 1 is 1.33 bits per heavy atom. The smallest absolute Gasteiger partial charge is 0.326 e. The zero-order chi connectivity index (χ0) is 15.8. The largest absolute Gasteiger partial charge is 0.480 e. The van der Waals surface area contributed by atoms with Gasteiger partial charge in [-0.05, 0) is 36.6 Å². The Hall–Kier alpha value is -2.02. The fraction of sp³-hybridized carbons (Fsp3) is 0.357. The van der Waals surface area contributed by atoms with Crippen LogP contribution in [0.25, 0.3) is 0 Å². The number of aliphatic carboxylic acids is 1. The second kappa shape index (κ2) is 8.31. The highest BCUT2D eigenvalue weighted by atomic mass is 32.2. The highest BCUT2D eigenvalue weighted by Crippen LogP contribution is 2.11. The predicted octanol–water partition coefficient (Wildman–Crippen LogP) is 1.58. The zero-order valence-corrected chi connectivity index (χ0v) is 12.7. The van der Waals surface area contributed by atoms with E-state index in [0.717, 1.165) is 0 Å². The van der Waals surface area contributed by atoms with Crippen LogP contribution in [0.15, 0.2) is 24.3 Å². The number of carboxylic acid groups (broad SMARTS) is 1. The first-order valence-electron chi connectivity index (χ1n) is 6.34. The summed E-state index contributed by atoms with van der Waals surface area (Å²) in [5.74, 6) is -1.13. The van der Waals surface area contributed by atoms with Crippen LogP contribution in [0.3, 0.4) is 0 Å². The third kappa shape index (κ3) is 5.86. The molecule has 21 heavy (non-hydrogen) atoms. The van der Waals surface area contributed by atoms with E-state index in [1.54, 1.807) is 18.2 Å². The van der Waals surface area contributed by atoms with Crippen LogP contribution in [0.2, 0.25) is 0 Å². The van der Waals surface area contributed by atoms with Crippen molar-refractivity contribution >= 4 is 35.2 Å². The van der Waals surface area contributed by atoms with Gasteiger partial charge in [0.05, 0.1) is 0 Å². The Balaban J connectivity index is 2.77. The van der Waals surface area contributed by atoms with E-state index >= 15 is 0 Å². The molecule has 0 saturated heterocycles. The summed E-state index contributed by atoms with van der Waals surface area (Å²) in [5, 5.41) is 14.1. The molecule has 3 N–H and O–H groups in total. The highest BCUT2D eigenvalue weighted by molar-refractivity contribution is 7.98. The van der Waals surface area contributed by atoms with Crippen molar-refractivity contribution in [2.45, 2.75) is 19.4 Å². The molecule has 0 radical (unpaired) electrons. The number of rotatable bonds is 7. The van der Waals surface area contributed by atoms with E-state index in [9.17, 15) is 14.4 Å². The average Bonchev–Trinajstić information content (AvgIpc) is 2.42. The maximum atomic E-state index is 12.1. The van der Waals surface area contributed by atoms with Gasteiger partial charge in [0.1, 0.15) is 6.04 Å². The second-order valence-electron chi connectivity index (χ2n) is 4.41. The summed E-state index contributed by atoms with van der Waals surface area (Å²) in [7, 11) is 0. The van der Waals surface area contributed by atoms with Crippen molar-refractivity contribution in [3.8, 4) is 0 Å². The van der Waals surface area contributed by atoms with Gasteiger partial charge in [0.2, 0.25) is 5.91 Å². The van der Waals surface area contributed by atoms with Crippen molar-refractivity contribution < 1.29 is 19.5 Å². The number of thioether (sulfide) groups is 1. The van der Waals surface area contributed by atoms with Gasteiger partial charge in [-0.2, -0.15) is 11.8 Å². The number of hydrogen-bond acceptors (Lipinski definition) is 4. The fourth-order valence-electron chi connectivity index (χ4n) is 1.68. The number of benzene rings is 1. The molecule has 1 aromatic carbocycles. The van der Waals surface area contributed by atoms with Crippen LogP contribution >= 0.6 is 11.8 Å². The van der Waals surface area contributed by atoms with Gasteiger partial charge < -0.3 is 15.7 Å². The lowest BCUT2D eigenvalue weighted by Gasteiger charge is -2.14. The SMILES string of the molecule is CSCC[C@H](NC(=O)c1cccc(NC(C)=O)c1)C(=O)O. The average molecular weight is 310 g/mol. The van der Waals surface area contributed by atoms with Crippen molar-refractivity contribution in [3.63, 3.8) is 0 Å². The molecule has 1 rings (SSSR count). The number of amides is 2. The Morgan fingerprint density at radius 2 is 2.05 bits per heavy atom. The first kappa shape index (κ1) is 17.0. The van der Waals surface area contributed by atoms with Crippen LogP contribution < -0.4 is 10.6 Å². The fourth-order valence-corrected chi connectivity index (χ4v) is 2.15. The van der Waals surface area contributed by atoms with Crippen LogP contribution in [0.5, 0.6) is 0 Å². The molecule has 0 aliphatic carbocycles. The third-order valence-corrected chi connectivity index (χ3v) is 3.30. The molecule has 0 fully saturated rings. The number of anilines is 1. The van der Waals surface area contributed by atoms with E-state index in [0.29, 0.717) is 23.4 Å². The molecule has 0 aliphatic rings. The van der Waals surface area contributed by atoms with Crippen molar-refractivity contribution in [2.75, 3.05) is 17.3 Å². The molecule has 0 spiro atoms. The number of nitrogens with one attached hydrogen (secondary N) is 2. The van der Waals surface area contributed by atoms with Gasteiger partial charge in [0, 0.05) is 18.2 Å². The summed E-state index contributed by atoms with van der Waals surface area (Å²) in [6.45, 7) is 1.37. The number of carboxylic acids is 1. The molecule has 0 bridgehead atoms. The first-order chi connectivity index (χ1) is 9.93. The van der Waals surface area contributed by atoms with Crippen LogP contribution in [-0.2, 0) is 9.59 Å². The van der Waals surface area contributed by atoms with Gasteiger partial charge in [0.25, 0.3) is 5.91 Å². The minimum Gasteiger partial charge on any atom is -0.480 e. The van der Waals surface area contributed by atoms with E-state index in [-0.39, 0.29) is 5.91 Å². The van der Waals surface area contributed by atoms with E-state index in [1.165, 1.54) is 24.8 Å². The van der Waals surface area contributed by atoms with Crippen LogP contribution in [-0.4, -0.2) is 40.9 Å². The summed E-state index contributed by atoms with van der Waals surface area (Å²) in [5.41, 5.74) is 0.794. The van der Waals surface area contributed by atoms with Gasteiger partial charge in [0.15, 0.2) is 0 Å². The summed E-state index contributed by atoms with van der Waals surface area (Å²) in [6.07, 6.45) is 2.23. The molecule has 7 heteroatoms. The van der Waals surface area contributed by atoms with Crippen LogP contribution in [0.4, 0.5) is 5.69 Å². The quantitative estimate of drug-likeness (QED) is 0.710. The van der Waals surface area contributed by atoms with Crippen molar-refractivity contribution in [1.82, 2.24) is 5.32 Å². The van der Waals surface area contributed by atoms with Crippen molar-refractivity contribution in [1.29, 1.82) is 0 Å². The Bertz CT molecular complexity index is 533. The highest BCUT2D eigenvalue weighted by Gasteiger charge is 2.20. The van der Waals surface area contributed by atoms with Crippen molar-refractivity contribution in [3.05, 3.63) is 29.8 Å². The third-order valence-electron chi connectivity index (χ3n) is 2.66. The lowest BCUT2D eigenvalue weighted by molar-refractivity contribution is -0.139. The molecule has 0 aliphatic heterocycles. The molecule has 0 saturated carbocycles. The normalized spacial score (nSPS) is 11.5. The van der Waals surface area contributed by atoms with Crippen molar-refractivity contribution in [2.24, 2.45) is 0 Å². The van der Waals surface area contributed by atoms with Gasteiger partial charge in [-0.1, -0.05) is 6.07 Å². The maximum Gasteiger partial charge on any atom is 0.326 e. The standard InChI is InChI=1S/C14H18N2O4S/c1-9(17)15-11-5-3-4-10(8-11)13(18)16-12(14(19)20)6-7-21-2/h3-5,8,12H,6-7H2,1-2H3,(H,15,17)(H,16,18)(H,19,20)/t12-/m0/s1. The molecule has 1 atom stereocenters. The van der Waals surface area contributed by atoms with E-state index < -0.39 is 17.9 Å². The molecule has 0 heterocycles. The summed E-state index contributed by atoms with van der Waals surface area (Å²) in [6, 6.07) is 5.42. The molecule has 0 aromatic heterocycles. The number of carbonyl (C=O) groups is 3. The molecule has 2 amide bonds. The minimum atomic E-state index is -1.06. The monoisotopic (exact) mass is 310 g/mol. The molecule has 6 nitrogen and oxygen atoms in total. The van der Waals surface area contributed by atoms with E-state index in [1.807, 2.05) is 6.26 Å². The lowest BCUT2D eigenvalue weighted by atomic mass is 10.1. The molecule has 114 valence electrons. The van der Waals surface area contributed by atoms with Crippen LogP contribution in [0, 0.1) is 0 Å². The van der Waals surface area contributed by atoms with Gasteiger partial charge >= 0.3 is 5.97 Å². The molecule has 0 unspecified atom stereocenters. The molecular weight excluding hydrogens is 292 g/mol. The Kier molecular flexibility index (Phi) is 6.74. The van der Waals surface area contributed by atoms with E-state index in [4.69, 9.17) is 5.11 Å². The second-order valence-corrected chi connectivity index (χ2v) is 5.39. The predicted molar refractivity (Wildman–Crippen MR) is 82.6 cm³/mol. The van der Waals surface area contributed by atoms with E-state index in [2.05, 4.69) is 10.6 Å². The van der Waals surface area contributed by atoms with Gasteiger partial charge in [-0.15, -0.1) is 0 Å². The van der Waals surface area contributed by atoms with Gasteiger partial charge in [-0.3, -0.25) is 9.59 Å². The number of hydrogen-bond donors (Lipinski definition) is 3. The summed E-state index contributed by atoms with van der Waals surface area (Å²) < 4.78 is 0. The molecule has 1 aromatic rings. The maximum absolute atomic E-state index is 12.1. The first-order valence-corrected chi connectivity index (χ1v) is 7.73.